The van der Waals surface area contributed by atoms with Gasteiger partial charge in [0.2, 0.25) is 5.76 Å². The van der Waals surface area contributed by atoms with Crippen molar-refractivity contribution in [3.05, 3.63) is 80.7 Å². The number of carbonyl (C=O) groups is 2. The fraction of sp³-hybridized carbons (Fsp3) is 0.0909. The molecule has 0 atom stereocenters. The lowest BCUT2D eigenvalue weighted by Gasteiger charge is -2.11. The second-order valence-corrected chi connectivity index (χ2v) is 8.09. The quantitative estimate of drug-likeness (QED) is 0.342. The Labute approximate surface area is 203 Å². The minimum Gasteiger partial charge on any atom is -0.463 e. The number of nitrogens with one attached hydrogen (secondary N) is 1. The Morgan fingerprint density at radius 3 is 2.42 bits per heavy atom. The van der Waals surface area contributed by atoms with Gasteiger partial charge in [-0.25, -0.2) is 14.5 Å². The molecule has 4 rings (SSSR count). The van der Waals surface area contributed by atoms with E-state index in [9.17, 15) is 9.59 Å². The molecule has 2 aromatic carbocycles. The lowest BCUT2D eigenvalue weighted by Crippen LogP contribution is -2.14. The topological polar surface area (TPSA) is 99.2 Å². The number of rotatable bonds is 5. The van der Waals surface area contributed by atoms with Crippen LogP contribution in [0.1, 0.15) is 26.6 Å². The summed E-state index contributed by atoms with van der Waals surface area (Å²) in [5, 5.41) is 8.38. The third kappa shape index (κ3) is 4.59. The van der Waals surface area contributed by atoms with E-state index in [1.807, 2.05) is 12.1 Å². The van der Waals surface area contributed by atoms with E-state index in [1.165, 1.54) is 7.11 Å². The molecule has 0 bridgehead atoms. The zero-order chi connectivity index (χ0) is 23.7. The van der Waals surface area contributed by atoms with Gasteiger partial charge < -0.3 is 9.15 Å². The number of ether oxygens (including phenoxy) is 1. The van der Waals surface area contributed by atoms with Gasteiger partial charge in [-0.05, 0) is 37.3 Å². The normalized spacial score (nSPS) is 10.8. The monoisotopic (exact) mass is 504 g/mol. The minimum atomic E-state index is -0.717. The maximum atomic E-state index is 13.0. The fourth-order valence-corrected chi connectivity index (χ4v) is 3.78. The first-order chi connectivity index (χ1) is 15.8. The lowest BCUT2D eigenvalue weighted by atomic mass is 10.1. The van der Waals surface area contributed by atoms with Crippen LogP contribution >= 0.6 is 34.8 Å². The number of amides is 1. The van der Waals surface area contributed by atoms with E-state index in [2.05, 4.69) is 20.1 Å². The third-order valence-electron chi connectivity index (χ3n) is 4.71. The van der Waals surface area contributed by atoms with Crippen LogP contribution in [0, 0.1) is 6.92 Å². The largest absolute Gasteiger partial charge is 0.463 e. The molecule has 0 aliphatic rings. The molecule has 2 heterocycles. The Morgan fingerprint density at radius 1 is 1.06 bits per heavy atom. The van der Waals surface area contributed by atoms with E-state index >= 15 is 0 Å². The van der Waals surface area contributed by atoms with Crippen molar-refractivity contribution in [2.75, 3.05) is 12.4 Å². The van der Waals surface area contributed by atoms with Gasteiger partial charge in [0.1, 0.15) is 0 Å². The number of esters is 1. The molecule has 2 aromatic heterocycles. The number of benzene rings is 2. The molecular weight excluding hydrogens is 491 g/mol. The summed E-state index contributed by atoms with van der Waals surface area (Å²) < 4.78 is 11.3. The van der Waals surface area contributed by atoms with Gasteiger partial charge in [-0.3, -0.25) is 10.1 Å². The molecular formula is C22H15Cl3N4O4. The Balaban J connectivity index is 1.79. The molecule has 168 valence electrons. The average molecular weight is 506 g/mol. The van der Waals surface area contributed by atoms with Crippen LogP contribution in [0.25, 0.3) is 16.9 Å². The highest BCUT2D eigenvalue weighted by Gasteiger charge is 2.24. The highest BCUT2D eigenvalue weighted by molar-refractivity contribution is 6.35. The third-order valence-corrected chi connectivity index (χ3v) is 5.50. The zero-order valence-electron chi connectivity index (χ0n) is 17.2. The summed E-state index contributed by atoms with van der Waals surface area (Å²) in [6.45, 7) is 1.75. The van der Waals surface area contributed by atoms with Gasteiger partial charge in [0.15, 0.2) is 5.69 Å². The van der Waals surface area contributed by atoms with Gasteiger partial charge >= 0.3 is 12.0 Å². The van der Waals surface area contributed by atoms with Gasteiger partial charge in [-0.2, -0.15) is 5.10 Å². The summed E-state index contributed by atoms with van der Waals surface area (Å²) in [5.41, 5.74) is 2.59. The van der Waals surface area contributed by atoms with Crippen molar-refractivity contribution in [1.29, 1.82) is 0 Å². The van der Waals surface area contributed by atoms with Crippen LogP contribution in [0.15, 0.2) is 53.1 Å². The SMILES string of the molecule is COC(=O)c1cnc(NC(=O)c2nn(-c3ccc(Cl)cc3Cl)c(-c3ccc(Cl)cc3)c2C)o1. The van der Waals surface area contributed by atoms with E-state index in [1.54, 1.807) is 41.9 Å². The van der Waals surface area contributed by atoms with Gasteiger partial charge in [0.05, 0.1) is 29.7 Å². The summed E-state index contributed by atoms with van der Waals surface area (Å²) in [6.07, 6.45) is 1.15. The van der Waals surface area contributed by atoms with E-state index in [-0.39, 0.29) is 17.5 Å². The lowest BCUT2D eigenvalue weighted by molar-refractivity contribution is 0.0565. The van der Waals surface area contributed by atoms with Crippen LogP contribution in [0.4, 0.5) is 6.01 Å². The van der Waals surface area contributed by atoms with Crippen molar-refractivity contribution in [1.82, 2.24) is 14.8 Å². The van der Waals surface area contributed by atoms with Crippen LogP contribution in [0.2, 0.25) is 15.1 Å². The molecule has 0 aliphatic carbocycles. The molecule has 1 amide bonds. The Hall–Kier alpha value is -3.33. The number of nitrogens with zero attached hydrogens (tertiary/aromatic N) is 3. The minimum absolute atomic E-state index is 0.101. The molecule has 0 aliphatic heterocycles. The predicted molar refractivity (Wildman–Crippen MR) is 125 cm³/mol. The molecule has 33 heavy (non-hydrogen) atoms. The molecule has 11 heteroatoms. The second-order valence-electron chi connectivity index (χ2n) is 6.81. The number of anilines is 1. The van der Waals surface area contributed by atoms with Gasteiger partial charge in [-0.15, -0.1) is 0 Å². The maximum Gasteiger partial charge on any atom is 0.375 e. The van der Waals surface area contributed by atoms with Crippen molar-refractivity contribution >= 4 is 52.7 Å². The molecule has 0 fully saturated rings. The first-order valence-electron chi connectivity index (χ1n) is 9.45. The van der Waals surface area contributed by atoms with E-state index in [0.29, 0.717) is 32.0 Å². The number of hydrogen-bond acceptors (Lipinski definition) is 6. The predicted octanol–water partition coefficient (Wildman–Crippen LogP) is 5.83. The number of methoxy groups -OCH3 is 1. The molecule has 0 saturated heterocycles. The zero-order valence-corrected chi connectivity index (χ0v) is 19.5. The first-order valence-corrected chi connectivity index (χ1v) is 10.6. The molecule has 8 nitrogen and oxygen atoms in total. The van der Waals surface area contributed by atoms with Crippen LogP contribution in [-0.2, 0) is 4.74 Å². The van der Waals surface area contributed by atoms with Gasteiger partial charge in [0, 0.05) is 21.2 Å². The molecule has 0 unspecified atom stereocenters. The van der Waals surface area contributed by atoms with Crippen LogP contribution in [0.5, 0.6) is 0 Å². The maximum absolute atomic E-state index is 13.0. The van der Waals surface area contributed by atoms with Crippen LogP contribution in [-0.4, -0.2) is 33.8 Å². The molecule has 4 aromatic rings. The molecule has 0 radical (unpaired) electrons. The summed E-state index contributed by atoms with van der Waals surface area (Å²) in [4.78, 5) is 28.5. The molecule has 0 saturated carbocycles. The highest BCUT2D eigenvalue weighted by atomic mass is 35.5. The van der Waals surface area contributed by atoms with Crippen molar-refractivity contribution in [3.63, 3.8) is 0 Å². The van der Waals surface area contributed by atoms with Gasteiger partial charge in [-0.1, -0.05) is 46.9 Å². The van der Waals surface area contributed by atoms with Crippen molar-refractivity contribution in [3.8, 4) is 16.9 Å². The number of halogens is 3. The number of carbonyl (C=O) groups excluding carboxylic acids is 2. The highest BCUT2D eigenvalue weighted by Crippen LogP contribution is 2.33. The summed E-state index contributed by atoms with van der Waals surface area (Å²) in [7, 11) is 1.21. The van der Waals surface area contributed by atoms with E-state index in [0.717, 1.165) is 11.8 Å². The summed E-state index contributed by atoms with van der Waals surface area (Å²) in [6, 6.07) is 11.9. The number of oxazole rings is 1. The Morgan fingerprint density at radius 2 is 1.76 bits per heavy atom. The molecule has 1 N–H and O–H groups in total. The van der Waals surface area contributed by atoms with Crippen molar-refractivity contribution in [2.45, 2.75) is 6.92 Å². The van der Waals surface area contributed by atoms with Crippen LogP contribution in [0.3, 0.4) is 0 Å². The summed E-state index contributed by atoms with van der Waals surface area (Å²) >= 11 is 18.5. The Kier molecular flexibility index (Phi) is 6.42. The number of hydrogen-bond donors (Lipinski definition) is 1. The fourth-order valence-electron chi connectivity index (χ4n) is 3.17. The smallest absolute Gasteiger partial charge is 0.375 e. The first kappa shape index (κ1) is 22.8. The average Bonchev–Trinajstić information content (AvgIpc) is 3.38. The van der Waals surface area contributed by atoms with E-state index in [4.69, 9.17) is 39.2 Å². The summed E-state index contributed by atoms with van der Waals surface area (Å²) in [5.74, 6) is -1.46. The van der Waals surface area contributed by atoms with Gasteiger partial charge in [0.25, 0.3) is 5.91 Å². The van der Waals surface area contributed by atoms with Crippen LogP contribution < -0.4 is 5.32 Å². The van der Waals surface area contributed by atoms with Crippen molar-refractivity contribution in [2.24, 2.45) is 0 Å². The number of aromatic nitrogens is 3. The van der Waals surface area contributed by atoms with E-state index < -0.39 is 11.9 Å². The Bertz CT molecular complexity index is 1360. The standard InChI is InChI=1S/C22H15Cl3N4O4/c1-11-18(20(30)27-22-26-10-17(33-22)21(31)32-2)28-29(16-8-7-14(24)9-15(16)25)19(11)12-3-5-13(23)6-4-12/h3-10H,1-2H3,(H,26,27,30). The van der Waals surface area contributed by atoms with Crippen molar-refractivity contribution < 1.29 is 18.7 Å². The molecule has 0 spiro atoms. The second kappa shape index (κ2) is 9.27.